The van der Waals surface area contributed by atoms with Crippen LogP contribution in [0, 0.1) is 6.92 Å². The third-order valence-corrected chi connectivity index (χ3v) is 2.80. The van der Waals surface area contributed by atoms with Gasteiger partial charge in [0.25, 0.3) is 0 Å². The molecule has 82 valence electrons. The van der Waals surface area contributed by atoms with Crippen molar-refractivity contribution in [3.8, 4) is 11.1 Å². The molecule has 16 heavy (non-hydrogen) atoms. The van der Waals surface area contributed by atoms with E-state index in [0.29, 0.717) is 5.69 Å². The second-order valence-corrected chi connectivity index (χ2v) is 3.85. The molecule has 2 heteroatoms. The Hall–Kier alpha value is -1.80. The summed E-state index contributed by atoms with van der Waals surface area (Å²) in [4.78, 5) is 0. The number of aryl methyl sites for hydroxylation is 1. The lowest BCUT2D eigenvalue weighted by Gasteiger charge is -2.11. The lowest BCUT2D eigenvalue weighted by atomic mass is 9.97. The van der Waals surface area contributed by atoms with Crippen molar-refractivity contribution in [1.29, 1.82) is 0 Å². The molecule has 0 heterocycles. The summed E-state index contributed by atoms with van der Waals surface area (Å²) in [5.74, 6) is 0. The summed E-state index contributed by atoms with van der Waals surface area (Å²) in [5.41, 5.74) is 10.8. The van der Waals surface area contributed by atoms with Crippen LogP contribution in [0.1, 0.15) is 11.1 Å². The van der Waals surface area contributed by atoms with E-state index in [2.05, 4.69) is 13.0 Å². The molecule has 0 aromatic heterocycles. The summed E-state index contributed by atoms with van der Waals surface area (Å²) in [6.07, 6.45) is 0. The molecule has 0 fully saturated rings. The van der Waals surface area contributed by atoms with E-state index < -0.39 is 0 Å². The van der Waals surface area contributed by atoms with Crippen LogP contribution in [0.5, 0.6) is 0 Å². The summed E-state index contributed by atoms with van der Waals surface area (Å²) < 4.78 is 0. The van der Waals surface area contributed by atoms with Gasteiger partial charge in [-0.25, -0.2) is 0 Å². The zero-order chi connectivity index (χ0) is 11.5. The lowest BCUT2D eigenvalue weighted by molar-refractivity contribution is 0.282. The topological polar surface area (TPSA) is 46.2 Å². The van der Waals surface area contributed by atoms with Crippen molar-refractivity contribution >= 4 is 5.69 Å². The molecule has 0 aliphatic rings. The second kappa shape index (κ2) is 4.37. The molecule has 0 radical (unpaired) electrons. The fourth-order valence-corrected chi connectivity index (χ4v) is 1.86. The molecule has 3 N–H and O–H groups in total. The van der Waals surface area contributed by atoms with Crippen LogP contribution < -0.4 is 5.73 Å². The van der Waals surface area contributed by atoms with E-state index in [0.717, 1.165) is 16.7 Å². The van der Waals surface area contributed by atoms with E-state index in [1.165, 1.54) is 5.56 Å². The van der Waals surface area contributed by atoms with Crippen molar-refractivity contribution in [2.75, 3.05) is 5.73 Å². The number of hydrogen-bond donors (Lipinski definition) is 2. The van der Waals surface area contributed by atoms with Crippen LogP contribution in [-0.4, -0.2) is 5.11 Å². The first-order chi connectivity index (χ1) is 7.74. The van der Waals surface area contributed by atoms with Gasteiger partial charge in [0, 0.05) is 16.8 Å². The van der Waals surface area contributed by atoms with Crippen molar-refractivity contribution in [3.05, 3.63) is 53.6 Å². The maximum absolute atomic E-state index is 9.18. The van der Waals surface area contributed by atoms with Gasteiger partial charge in [0.15, 0.2) is 0 Å². The van der Waals surface area contributed by atoms with E-state index in [-0.39, 0.29) is 6.61 Å². The highest BCUT2D eigenvalue weighted by Gasteiger charge is 2.07. The van der Waals surface area contributed by atoms with Crippen molar-refractivity contribution in [2.24, 2.45) is 0 Å². The normalized spacial score (nSPS) is 10.4. The van der Waals surface area contributed by atoms with Crippen LogP contribution in [0.3, 0.4) is 0 Å². The number of benzene rings is 2. The summed E-state index contributed by atoms with van der Waals surface area (Å²) in [6.45, 7) is 2.03. The quantitative estimate of drug-likeness (QED) is 0.753. The number of aliphatic hydroxyl groups is 1. The van der Waals surface area contributed by atoms with Gasteiger partial charge in [-0.1, -0.05) is 42.5 Å². The summed E-state index contributed by atoms with van der Waals surface area (Å²) in [6, 6.07) is 13.8. The van der Waals surface area contributed by atoms with Gasteiger partial charge in [-0.15, -0.1) is 0 Å². The van der Waals surface area contributed by atoms with Gasteiger partial charge in [-0.2, -0.15) is 0 Å². The first-order valence-corrected chi connectivity index (χ1v) is 5.28. The molecule has 0 atom stereocenters. The first-order valence-electron chi connectivity index (χ1n) is 5.28. The van der Waals surface area contributed by atoms with Gasteiger partial charge < -0.3 is 10.8 Å². The first kappa shape index (κ1) is 10.7. The van der Waals surface area contributed by atoms with E-state index in [4.69, 9.17) is 5.73 Å². The fraction of sp³-hybridized carbons (Fsp3) is 0.143. The van der Waals surface area contributed by atoms with Crippen LogP contribution in [0.15, 0.2) is 42.5 Å². The predicted molar refractivity (Wildman–Crippen MR) is 67.0 cm³/mol. The summed E-state index contributed by atoms with van der Waals surface area (Å²) >= 11 is 0. The van der Waals surface area contributed by atoms with Crippen LogP contribution in [0.2, 0.25) is 0 Å². The Morgan fingerprint density at radius 1 is 1.00 bits per heavy atom. The molecule has 0 saturated heterocycles. The Balaban J connectivity index is 2.61. The standard InChI is InChI=1S/C14H15NO/c1-10-5-2-3-7-12(10)13-8-4-6-11(9-16)14(13)15/h2-8,16H,9,15H2,1H3. The van der Waals surface area contributed by atoms with E-state index in [1.807, 2.05) is 36.4 Å². The Morgan fingerprint density at radius 3 is 2.38 bits per heavy atom. The average Bonchev–Trinajstić information content (AvgIpc) is 2.31. The zero-order valence-corrected chi connectivity index (χ0v) is 9.27. The Bertz CT molecular complexity index is 506. The minimum Gasteiger partial charge on any atom is -0.398 e. The number of para-hydroxylation sites is 1. The van der Waals surface area contributed by atoms with Gasteiger partial charge in [-0.05, 0) is 18.1 Å². The average molecular weight is 213 g/mol. The third kappa shape index (κ3) is 1.79. The number of aliphatic hydroxyl groups excluding tert-OH is 1. The minimum absolute atomic E-state index is 0.0223. The zero-order valence-electron chi connectivity index (χ0n) is 9.27. The SMILES string of the molecule is Cc1ccccc1-c1cccc(CO)c1N. The number of hydrogen-bond acceptors (Lipinski definition) is 2. The summed E-state index contributed by atoms with van der Waals surface area (Å²) in [5, 5.41) is 9.18. The molecular formula is C14H15NO. The molecule has 0 aliphatic heterocycles. The fourth-order valence-electron chi connectivity index (χ4n) is 1.86. The number of anilines is 1. The largest absolute Gasteiger partial charge is 0.398 e. The summed E-state index contributed by atoms with van der Waals surface area (Å²) in [7, 11) is 0. The predicted octanol–water partition coefficient (Wildman–Crippen LogP) is 2.74. The minimum atomic E-state index is -0.0223. The van der Waals surface area contributed by atoms with Crippen LogP contribution in [0.25, 0.3) is 11.1 Å². The second-order valence-electron chi connectivity index (χ2n) is 3.85. The van der Waals surface area contributed by atoms with Crippen LogP contribution in [0.4, 0.5) is 5.69 Å². The molecule has 0 spiro atoms. The molecular weight excluding hydrogens is 198 g/mol. The van der Waals surface area contributed by atoms with Gasteiger partial charge in [0.2, 0.25) is 0 Å². The number of rotatable bonds is 2. The molecule has 0 bridgehead atoms. The molecule has 0 unspecified atom stereocenters. The Morgan fingerprint density at radius 2 is 1.69 bits per heavy atom. The third-order valence-electron chi connectivity index (χ3n) is 2.80. The smallest absolute Gasteiger partial charge is 0.0702 e. The Kier molecular flexibility index (Phi) is 2.93. The maximum atomic E-state index is 9.18. The van der Waals surface area contributed by atoms with Crippen molar-refractivity contribution in [3.63, 3.8) is 0 Å². The molecule has 2 rings (SSSR count). The van der Waals surface area contributed by atoms with Crippen molar-refractivity contribution in [2.45, 2.75) is 13.5 Å². The highest BCUT2D eigenvalue weighted by atomic mass is 16.3. The molecule has 0 saturated carbocycles. The highest BCUT2D eigenvalue weighted by molar-refractivity contribution is 5.80. The molecule has 0 aliphatic carbocycles. The maximum Gasteiger partial charge on any atom is 0.0702 e. The van der Waals surface area contributed by atoms with Gasteiger partial charge in [0.1, 0.15) is 0 Å². The molecule has 2 nitrogen and oxygen atoms in total. The van der Waals surface area contributed by atoms with Gasteiger partial charge in [-0.3, -0.25) is 0 Å². The molecule has 2 aromatic carbocycles. The lowest BCUT2D eigenvalue weighted by Crippen LogP contribution is -1.97. The van der Waals surface area contributed by atoms with E-state index >= 15 is 0 Å². The van der Waals surface area contributed by atoms with Crippen molar-refractivity contribution in [1.82, 2.24) is 0 Å². The van der Waals surface area contributed by atoms with Crippen molar-refractivity contribution < 1.29 is 5.11 Å². The van der Waals surface area contributed by atoms with Crippen LogP contribution in [-0.2, 0) is 6.61 Å². The van der Waals surface area contributed by atoms with Gasteiger partial charge >= 0.3 is 0 Å². The highest BCUT2D eigenvalue weighted by Crippen LogP contribution is 2.30. The Labute approximate surface area is 95.4 Å². The molecule has 0 amide bonds. The number of nitrogen functional groups attached to an aromatic ring is 1. The van der Waals surface area contributed by atoms with Crippen LogP contribution >= 0.6 is 0 Å². The monoisotopic (exact) mass is 213 g/mol. The number of nitrogens with two attached hydrogens (primary N) is 1. The van der Waals surface area contributed by atoms with Gasteiger partial charge in [0.05, 0.1) is 6.61 Å². The van der Waals surface area contributed by atoms with E-state index in [9.17, 15) is 5.11 Å². The van der Waals surface area contributed by atoms with E-state index in [1.54, 1.807) is 0 Å². The molecule has 2 aromatic rings.